The van der Waals surface area contributed by atoms with Gasteiger partial charge < -0.3 is 10.2 Å². The lowest BCUT2D eigenvalue weighted by Gasteiger charge is -2.24. The quantitative estimate of drug-likeness (QED) is 0.332. The first kappa shape index (κ1) is 25.5. The number of nitrogens with zero attached hydrogens (tertiary/aromatic N) is 3. The number of rotatable bonds is 11. The second-order valence-electron chi connectivity index (χ2n) is 8.82. The number of halogens is 1. The van der Waals surface area contributed by atoms with Crippen molar-refractivity contribution >= 4 is 29.2 Å². The normalized spacial score (nSPS) is 11.0. The Morgan fingerprint density at radius 3 is 2.44 bits per heavy atom. The Morgan fingerprint density at radius 2 is 1.76 bits per heavy atom. The maximum atomic E-state index is 13.1. The minimum Gasteiger partial charge on any atom is -0.333 e. The van der Waals surface area contributed by atoms with Gasteiger partial charge >= 0.3 is 0 Å². The number of anilines is 1. The maximum Gasteiger partial charge on any atom is 0.245 e. The van der Waals surface area contributed by atoms with Crippen LogP contribution in [0.25, 0.3) is 16.9 Å². The Balaban J connectivity index is 1.85. The van der Waals surface area contributed by atoms with Crippen LogP contribution in [-0.2, 0) is 9.59 Å². The maximum absolute atomic E-state index is 13.1. The Hall–Kier alpha value is -3.12. The highest BCUT2D eigenvalue weighted by Gasteiger charge is 2.20. The van der Waals surface area contributed by atoms with Gasteiger partial charge in [-0.25, -0.2) is 4.68 Å². The summed E-state index contributed by atoms with van der Waals surface area (Å²) in [6, 6.07) is 18.9. The van der Waals surface area contributed by atoms with Crippen LogP contribution in [0.15, 0.2) is 60.7 Å². The molecule has 1 heterocycles. The second kappa shape index (κ2) is 12.4. The fourth-order valence-corrected chi connectivity index (χ4v) is 3.98. The molecule has 0 fully saturated rings. The first-order valence-electron chi connectivity index (χ1n) is 11.9. The number of hydrogen-bond donors (Lipinski definition) is 1. The molecule has 3 rings (SSSR count). The monoisotopic (exact) mass is 480 g/mol. The summed E-state index contributed by atoms with van der Waals surface area (Å²) in [5, 5.41) is 8.20. The van der Waals surface area contributed by atoms with Crippen LogP contribution in [-0.4, -0.2) is 39.6 Å². The van der Waals surface area contributed by atoms with Gasteiger partial charge in [-0.2, -0.15) is 5.10 Å². The molecule has 0 bridgehead atoms. The van der Waals surface area contributed by atoms with E-state index in [9.17, 15) is 9.59 Å². The number of para-hydroxylation sites is 1. The van der Waals surface area contributed by atoms with E-state index in [-0.39, 0.29) is 24.3 Å². The lowest BCUT2D eigenvalue weighted by molar-refractivity contribution is -0.135. The molecule has 0 aliphatic carbocycles. The topological polar surface area (TPSA) is 67.2 Å². The molecule has 2 amide bonds. The molecule has 0 unspecified atom stereocenters. The Bertz CT molecular complexity index is 1100. The lowest BCUT2D eigenvalue weighted by atomic mass is 10.1. The summed E-state index contributed by atoms with van der Waals surface area (Å²) in [5.41, 5.74) is 2.30. The predicted octanol–water partition coefficient (Wildman–Crippen LogP) is 6.20. The summed E-state index contributed by atoms with van der Waals surface area (Å²) in [4.78, 5) is 27.5. The molecule has 0 aliphatic heterocycles. The van der Waals surface area contributed by atoms with E-state index in [4.69, 9.17) is 16.7 Å². The summed E-state index contributed by atoms with van der Waals surface area (Å²) in [7, 11) is 0. The van der Waals surface area contributed by atoms with Crippen molar-refractivity contribution in [3.8, 4) is 16.9 Å². The smallest absolute Gasteiger partial charge is 0.245 e. The third-order valence-corrected chi connectivity index (χ3v) is 5.71. The van der Waals surface area contributed by atoms with Crippen LogP contribution >= 0.6 is 11.6 Å². The van der Waals surface area contributed by atoms with Gasteiger partial charge in [-0.05, 0) is 24.5 Å². The summed E-state index contributed by atoms with van der Waals surface area (Å²) < 4.78 is 1.64. The highest BCUT2D eigenvalue weighted by Crippen LogP contribution is 2.28. The highest BCUT2D eigenvalue weighted by atomic mass is 35.5. The van der Waals surface area contributed by atoms with E-state index in [2.05, 4.69) is 12.2 Å². The first-order chi connectivity index (χ1) is 16.4. The molecule has 0 aliphatic rings. The fraction of sp³-hybridized carbons (Fsp3) is 0.370. The molecule has 1 N–H and O–H groups in total. The van der Waals surface area contributed by atoms with Gasteiger partial charge in [0.25, 0.3) is 0 Å². The van der Waals surface area contributed by atoms with Crippen LogP contribution in [0, 0.1) is 5.92 Å². The number of nitrogens with one attached hydrogen (secondary N) is 1. The third-order valence-electron chi connectivity index (χ3n) is 5.39. The zero-order valence-corrected chi connectivity index (χ0v) is 20.9. The SMILES string of the molecule is CCCCCC(=O)N(CC(=O)Nc1cc(-c2ccccc2)nn1-c1ccccc1Cl)CC(C)C. The number of hydrogen-bond acceptors (Lipinski definition) is 3. The third kappa shape index (κ3) is 6.94. The van der Waals surface area contributed by atoms with Crippen LogP contribution < -0.4 is 5.32 Å². The molecule has 6 nitrogen and oxygen atoms in total. The predicted molar refractivity (Wildman–Crippen MR) is 138 cm³/mol. The van der Waals surface area contributed by atoms with Gasteiger partial charge in [0, 0.05) is 24.6 Å². The largest absolute Gasteiger partial charge is 0.333 e. The summed E-state index contributed by atoms with van der Waals surface area (Å²) >= 11 is 6.44. The molecule has 0 saturated heterocycles. The Kier molecular flexibility index (Phi) is 9.28. The number of benzene rings is 2. The van der Waals surface area contributed by atoms with Crippen molar-refractivity contribution in [2.75, 3.05) is 18.4 Å². The van der Waals surface area contributed by atoms with Crippen LogP contribution in [0.1, 0.15) is 46.5 Å². The van der Waals surface area contributed by atoms with Crippen LogP contribution in [0.2, 0.25) is 5.02 Å². The molecule has 0 radical (unpaired) electrons. The molecule has 3 aromatic rings. The fourth-order valence-electron chi connectivity index (χ4n) is 3.76. The van der Waals surface area contributed by atoms with E-state index in [0.717, 1.165) is 24.8 Å². The molecule has 1 aromatic heterocycles. The summed E-state index contributed by atoms with van der Waals surface area (Å²) in [6.07, 6.45) is 3.36. The number of unbranched alkanes of at least 4 members (excludes halogenated alkanes) is 2. The number of carbonyl (C=O) groups excluding carboxylic acids is 2. The Morgan fingerprint density at radius 1 is 1.06 bits per heavy atom. The summed E-state index contributed by atoms with van der Waals surface area (Å²) in [5.74, 6) is 0.514. The molecular weight excluding hydrogens is 448 g/mol. The van der Waals surface area contributed by atoms with Crippen molar-refractivity contribution in [2.45, 2.75) is 46.5 Å². The van der Waals surface area contributed by atoms with Crippen molar-refractivity contribution in [3.05, 3.63) is 65.7 Å². The van der Waals surface area contributed by atoms with Gasteiger partial charge in [-0.15, -0.1) is 0 Å². The van der Waals surface area contributed by atoms with E-state index in [1.165, 1.54) is 0 Å². The molecule has 2 aromatic carbocycles. The summed E-state index contributed by atoms with van der Waals surface area (Å²) in [6.45, 7) is 6.73. The average Bonchev–Trinajstić information content (AvgIpc) is 3.22. The molecule has 180 valence electrons. The molecule has 0 atom stereocenters. The van der Waals surface area contributed by atoms with E-state index in [0.29, 0.717) is 35.2 Å². The van der Waals surface area contributed by atoms with Crippen LogP contribution in [0.3, 0.4) is 0 Å². The van der Waals surface area contributed by atoms with Crippen molar-refractivity contribution in [1.29, 1.82) is 0 Å². The van der Waals surface area contributed by atoms with Gasteiger partial charge in [-0.1, -0.05) is 87.7 Å². The molecule has 0 spiro atoms. The van der Waals surface area contributed by atoms with Crippen molar-refractivity contribution < 1.29 is 9.59 Å². The second-order valence-corrected chi connectivity index (χ2v) is 9.22. The molecule has 34 heavy (non-hydrogen) atoms. The zero-order valence-electron chi connectivity index (χ0n) is 20.1. The zero-order chi connectivity index (χ0) is 24.5. The highest BCUT2D eigenvalue weighted by molar-refractivity contribution is 6.32. The minimum atomic E-state index is -0.266. The van der Waals surface area contributed by atoms with Crippen molar-refractivity contribution in [2.24, 2.45) is 5.92 Å². The minimum absolute atomic E-state index is 0.00247. The van der Waals surface area contributed by atoms with Crippen molar-refractivity contribution in [3.63, 3.8) is 0 Å². The van der Waals surface area contributed by atoms with E-state index in [1.54, 1.807) is 15.6 Å². The number of amides is 2. The van der Waals surface area contributed by atoms with Gasteiger partial charge in [-0.3, -0.25) is 9.59 Å². The Labute approximate surface area is 206 Å². The van der Waals surface area contributed by atoms with Crippen molar-refractivity contribution in [1.82, 2.24) is 14.7 Å². The van der Waals surface area contributed by atoms with E-state index < -0.39 is 0 Å². The molecule has 7 heteroatoms. The molecule has 0 saturated carbocycles. The lowest BCUT2D eigenvalue weighted by Crippen LogP contribution is -2.40. The number of aromatic nitrogens is 2. The van der Waals surface area contributed by atoms with Gasteiger partial charge in [0.15, 0.2) is 0 Å². The number of carbonyl (C=O) groups is 2. The van der Waals surface area contributed by atoms with E-state index in [1.807, 2.05) is 68.4 Å². The van der Waals surface area contributed by atoms with Gasteiger partial charge in [0.1, 0.15) is 5.82 Å². The van der Waals surface area contributed by atoms with Crippen LogP contribution in [0.4, 0.5) is 5.82 Å². The molecular formula is C27H33ClN4O2. The van der Waals surface area contributed by atoms with E-state index >= 15 is 0 Å². The van der Waals surface area contributed by atoms with Gasteiger partial charge in [0.2, 0.25) is 11.8 Å². The first-order valence-corrected chi connectivity index (χ1v) is 12.2. The average molecular weight is 481 g/mol. The van der Waals surface area contributed by atoms with Gasteiger partial charge in [0.05, 0.1) is 22.9 Å². The van der Waals surface area contributed by atoms with Crippen LogP contribution in [0.5, 0.6) is 0 Å². The standard InChI is InChI=1S/C27H33ClN4O2/c1-4-5-7-16-27(34)31(18-20(2)3)19-26(33)29-25-17-23(21-12-8-6-9-13-21)30-32(25)24-15-11-10-14-22(24)28/h6,8-15,17,20H,4-5,7,16,18-19H2,1-3H3,(H,29,33).